The van der Waals surface area contributed by atoms with E-state index in [9.17, 15) is 0 Å². The number of aromatic nitrogens is 1. The van der Waals surface area contributed by atoms with Gasteiger partial charge in [0.15, 0.2) is 0 Å². The Hall–Kier alpha value is -8.14. The maximum absolute atomic E-state index is 6.77. The maximum atomic E-state index is 6.77. The first-order chi connectivity index (χ1) is 30.2. The highest BCUT2D eigenvalue weighted by Gasteiger charge is 2.23. The molecule has 0 aliphatic heterocycles. The van der Waals surface area contributed by atoms with E-state index in [-0.39, 0.29) is 0 Å². The minimum Gasteiger partial charge on any atom is -0.455 e. The van der Waals surface area contributed by atoms with Crippen molar-refractivity contribution in [2.75, 3.05) is 4.90 Å². The van der Waals surface area contributed by atoms with Gasteiger partial charge in [-0.15, -0.1) is 0 Å². The first-order valence-corrected chi connectivity index (χ1v) is 20.8. The second-order valence-electron chi connectivity index (χ2n) is 15.7. The lowest BCUT2D eigenvalue weighted by Gasteiger charge is -2.26. The van der Waals surface area contributed by atoms with E-state index in [0.29, 0.717) is 0 Å². The van der Waals surface area contributed by atoms with Crippen LogP contribution in [0.1, 0.15) is 0 Å². The molecule has 0 aliphatic rings. The van der Waals surface area contributed by atoms with Crippen molar-refractivity contribution in [1.82, 2.24) is 4.57 Å². The fourth-order valence-corrected chi connectivity index (χ4v) is 9.24. The van der Waals surface area contributed by atoms with Crippen LogP contribution in [0.25, 0.3) is 93.6 Å². The predicted octanol–water partition coefficient (Wildman–Crippen LogP) is 16.3. The summed E-state index contributed by atoms with van der Waals surface area (Å²) in [5.74, 6) is 0. The topological polar surface area (TPSA) is 21.3 Å². The Bertz CT molecular complexity index is 3550. The molecule has 0 radical (unpaired) electrons. The Balaban J connectivity index is 1.00. The monoisotopic (exact) mass is 778 g/mol. The van der Waals surface area contributed by atoms with E-state index in [4.69, 9.17) is 4.42 Å². The summed E-state index contributed by atoms with van der Waals surface area (Å²) in [5.41, 5.74) is 15.6. The number of furan rings is 1. The molecular formula is C58H38N2O. The molecule has 3 nitrogen and oxygen atoms in total. The largest absolute Gasteiger partial charge is 0.455 e. The number of anilines is 3. The lowest BCUT2D eigenvalue weighted by molar-refractivity contribution is 0.673. The Morgan fingerprint density at radius 2 is 0.885 bits per heavy atom. The summed E-state index contributed by atoms with van der Waals surface area (Å²) in [6.07, 6.45) is 0. The van der Waals surface area contributed by atoms with Gasteiger partial charge in [0.1, 0.15) is 11.2 Å². The molecule has 0 amide bonds. The minimum absolute atomic E-state index is 0.891. The molecule has 2 aromatic heterocycles. The van der Waals surface area contributed by atoms with Crippen LogP contribution in [0.3, 0.4) is 0 Å². The Morgan fingerprint density at radius 3 is 1.59 bits per heavy atom. The number of hydrogen-bond acceptors (Lipinski definition) is 2. The molecule has 12 rings (SSSR count). The Morgan fingerprint density at radius 1 is 0.361 bits per heavy atom. The van der Waals surface area contributed by atoms with E-state index in [1.807, 2.05) is 0 Å². The molecular weight excluding hydrogens is 741 g/mol. The van der Waals surface area contributed by atoms with Crippen LogP contribution in [-0.4, -0.2) is 4.57 Å². The molecule has 2 heterocycles. The molecule has 0 bridgehead atoms. The molecule has 0 atom stereocenters. The zero-order chi connectivity index (χ0) is 40.3. The number of para-hydroxylation sites is 3. The van der Waals surface area contributed by atoms with Crippen molar-refractivity contribution >= 4 is 71.6 Å². The van der Waals surface area contributed by atoms with Gasteiger partial charge in [-0.05, 0) is 105 Å². The normalized spacial score (nSPS) is 11.6. The van der Waals surface area contributed by atoms with E-state index in [1.54, 1.807) is 0 Å². The van der Waals surface area contributed by atoms with Crippen LogP contribution in [0, 0.1) is 0 Å². The van der Waals surface area contributed by atoms with Crippen molar-refractivity contribution in [3.05, 3.63) is 231 Å². The van der Waals surface area contributed by atoms with Gasteiger partial charge in [0.25, 0.3) is 0 Å². The lowest BCUT2D eigenvalue weighted by atomic mass is 9.97. The fourth-order valence-electron chi connectivity index (χ4n) is 9.24. The molecule has 3 heteroatoms. The summed E-state index contributed by atoms with van der Waals surface area (Å²) in [7, 11) is 0. The highest BCUT2D eigenvalue weighted by atomic mass is 16.3. The average Bonchev–Trinajstić information content (AvgIpc) is 3.89. The van der Waals surface area contributed by atoms with Gasteiger partial charge in [-0.2, -0.15) is 0 Å². The standard InChI is InChI=1S/C58H38N2O/c1-3-13-39(14-4-1)41-23-25-42(26-24-41)43-27-32-47(33-28-43)59(46-17-5-2-6-18-46)48-34-30-44(31-35-48)52-38-53-50-19-10-12-22-55(50)61-58(53)56-51-20-9-11-21-54(51)60(57(52)56)49-36-29-40-15-7-8-16-45(40)37-49/h1-38H. The number of benzene rings is 10. The van der Waals surface area contributed by atoms with E-state index >= 15 is 0 Å². The smallest absolute Gasteiger partial charge is 0.145 e. The second-order valence-corrected chi connectivity index (χ2v) is 15.7. The third-order valence-corrected chi connectivity index (χ3v) is 12.2. The molecule has 0 saturated heterocycles. The molecule has 10 aromatic carbocycles. The quantitative estimate of drug-likeness (QED) is 0.161. The molecule has 61 heavy (non-hydrogen) atoms. The van der Waals surface area contributed by atoms with E-state index in [2.05, 4.69) is 240 Å². The highest BCUT2D eigenvalue weighted by Crippen LogP contribution is 2.46. The third kappa shape index (κ3) is 5.90. The summed E-state index contributed by atoms with van der Waals surface area (Å²) < 4.78 is 9.20. The zero-order valence-electron chi connectivity index (χ0n) is 33.2. The molecule has 0 saturated carbocycles. The minimum atomic E-state index is 0.891. The second kappa shape index (κ2) is 14.3. The van der Waals surface area contributed by atoms with Gasteiger partial charge >= 0.3 is 0 Å². The van der Waals surface area contributed by atoms with Gasteiger partial charge in [-0.25, -0.2) is 0 Å². The molecule has 12 aromatic rings. The molecule has 0 fully saturated rings. The molecule has 286 valence electrons. The fraction of sp³-hybridized carbons (Fsp3) is 0. The molecule has 0 spiro atoms. The van der Waals surface area contributed by atoms with Crippen LogP contribution in [0.5, 0.6) is 0 Å². The number of nitrogens with zero attached hydrogens (tertiary/aromatic N) is 2. The van der Waals surface area contributed by atoms with Crippen LogP contribution >= 0.6 is 0 Å². The third-order valence-electron chi connectivity index (χ3n) is 12.2. The average molecular weight is 779 g/mol. The van der Waals surface area contributed by atoms with E-state index in [1.165, 1.54) is 38.4 Å². The van der Waals surface area contributed by atoms with Crippen molar-refractivity contribution in [1.29, 1.82) is 0 Å². The first kappa shape index (κ1) is 34.9. The van der Waals surface area contributed by atoms with Crippen LogP contribution in [0.4, 0.5) is 17.1 Å². The molecule has 0 unspecified atom stereocenters. The summed E-state index contributed by atoms with van der Waals surface area (Å²) in [6.45, 7) is 0. The number of fused-ring (bicyclic) bond motifs is 8. The van der Waals surface area contributed by atoms with Gasteiger partial charge in [0.05, 0.1) is 16.4 Å². The van der Waals surface area contributed by atoms with Gasteiger partial charge in [-0.1, -0.05) is 164 Å². The zero-order valence-corrected chi connectivity index (χ0v) is 33.2. The van der Waals surface area contributed by atoms with Crippen LogP contribution in [-0.2, 0) is 0 Å². The summed E-state index contributed by atoms with van der Waals surface area (Å²) in [6, 6.07) is 82.8. The van der Waals surface area contributed by atoms with Crippen molar-refractivity contribution in [2.45, 2.75) is 0 Å². The van der Waals surface area contributed by atoms with Crippen LogP contribution < -0.4 is 4.90 Å². The summed E-state index contributed by atoms with van der Waals surface area (Å²) in [5, 5.41) is 6.94. The maximum Gasteiger partial charge on any atom is 0.145 e. The summed E-state index contributed by atoms with van der Waals surface area (Å²) >= 11 is 0. The van der Waals surface area contributed by atoms with E-state index in [0.717, 1.165) is 72.2 Å². The predicted molar refractivity (Wildman–Crippen MR) is 257 cm³/mol. The Labute approximate surface area is 353 Å². The summed E-state index contributed by atoms with van der Waals surface area (Å²) in [4.78, 5) is 2.33. The lowest BCUT2D eigenvalue weighted by Crippen LogP contribution is -2.09. The van der Waals surface area contributed by atoms with Gasteiger partial charge in [-0.3, -0.25) is 0 Å². The van der Waals surface area contributed by atoms with Gasteiger partial charge in [0, 0.05) is 44.5 Å². The van der Waals surface area contributed by atoms with Crippen molar-refractivity contribution in [2.24, 2.45) is 0 Å². The van der Waals surface area contributed by atoms with Crippen LogP contribution in [0.2, 0.25) is 0 Å². The molecule has 0 aliphatic carbocycles. The SMILES string of the molecule is c1ccc(-c2ccc(-c3ccc(N(c4ccccc4)c4ccc(-c5cc6c7ccccc7oc6c6c7ccccc7n(-c7ccc8ccccc8c7)c56)cc4)cc3)cc2)cc1. The van der Waals surface area contributed by atoms with Gasteiger partial charge in [0.2, 0.25) is 0 Å². The number of rotatable bonds is 7. The number of hydrogen-bond donors (Lipinski definition) is 0. The van der Waals surface area contributed by atoms with Crippen molar-refractivity contribution in [3.63, 3.8) is 0 Å². The van der Waals surface area contributed by atoms with Crippen molar-refractivity contribution in [3.8, 4) is 39.1 Å². The Kier molecular flexibility index (Phi) is 8.17. The van der Waals surface area contributed by atoms with Crippen LogP contribution in [0.15, 0.2) is 235 Å². The molecule has 0 N–H and O–H groups in total. The first-order valence-electron chi connectivity index (χ1n) is 20.8. The van der Waals surface area contributed by atoms with Crippen molar-refractivity contribution < 1.29 is 4.42 Å². The van der Waals surface area contributed by atoms with E-state index < -0.39 is 0 Å². The van der Waals surface area contributed by atoms with Gasteiger partial charge < -0.3 is 13.9 Å². The highest BCUT2D eigenvalue weighted by molar-refractivity contribution is 6.27.